The number of ether oxygens (including phenoxy) is 1. The normalized spacial score (nSPS) is 30.9. The summed E-state index contributed by atoms with van der Waals surface area (Å²) in [6.45, 7) is 3.81. The number of likely N-dealkylation sites (N-methyl/N-ethyl adjacent to an activating group) is 1. The quantitative estimate of drug-likeness (QED) is 0.340. The number of carbonyl (C=O) groups excluding carboxylic acids is 3. The summed E-state index contributed by atoms with van der Waals surface area (Å²) in [6, 6.07) is 0.457. The van der Waals surface area contributed by atoms with Crippen LogP contribution in [-0.2, 0) is 20.8 Å². The topological polar surface area (TPSA) is 174 Å². The monoisotopic (exact) mass is 541 g/mol. The van der Waals surface area contributed by atoms with E-state index in [1.165, 1.54) is 12.0 Å². The Morgan fingerprint density at radius 3 is 2.54 bits per heavy atom. The lowest BCUT2D eigenvalue weighted by molar-refractivity contribution is -0.153. The van der Waals surface area contributed by atoms with Crippen LogP contribution in [0.1, 0.15) is 48.9 Å². The molecule has 1 heterocycles. The summed E-state index contributed by atoms with van der Waals surface area (Å²) in [5.41, 5.74) is 3.08. The van der Waals surface area contributed by atoms with Gasteiger partial charge in [0.15, 0.2) is 11.4 Å². The molecule has 210 valence electrons. The summed E-state index contributed by atoms with van der Waals surface area (Å²) < 4.78 is 5.85. The SMILES string of the molecule is CCN1CCCC1c1cc(O)c2c(c1OC)C[C@H]1C[C@H]3[C@H](N(C)C)C(=O)C(C(N)=O)=C(O)[C@@]3(O)C(=O)C1=C2O. The van der Waals surface area contributed by atoms with Crippen molar-refractivity contribution in [2.45, 2.75) is 50.3 Å². The fourth-order valence-electron chi connectivity index (χ4n) is 7.36. The van der Waals surface area contributed by atoms with Crippen molar-refractivity contribution in [2.24, 2.45) is 17.6 Å². The highest BCUT2D eigenvalue weighted by atomic mass is 16.5. The van der Waals surface area contributed by atoms with Crippen LogP contribution in [0, 0.1) is 11.8 Å². The predicted molar refractivity (Wildman–Crippen MR) is 140 cm³/mol. The number of hydrogen-bond donors (Lipinski definition) is 5. The Kier molecular flexibility index (Phi) is 6.52. The lowest BCUT2D eigenvalue weighted by atomic mass is 9.57. The molecule has 1 aromatic carbocycles. The van der Waals surface area contributed by atoms with Crippen molar-refractivity contribution in [2.75, 3.05) is 34.3 Å². The highest BCUT2D eigenvalue weighted by molar-refractivity contribution is 6.24. The number of carbonyl (C=O) groups is 3. The standard InChI is InChI=1S/C28H35N3O8/c1-5-31-8-6-7-16(31)13-11-17(32)19-14(24(13)39-4)9-12-10-15-21(30(2)3)23(34)20(27(29)37)26(36)28(15,38)25(35)18(12)22(19)33/h11-12,15-16,21,32-33,36,38H,5-10H2,1-4H3,(H2,29,37)/t12-,15-,16?,21-,28-/m0/s1. The predicted octanol–water partition coefficient (Wildman–Crippen LogP) is 1.13. The van der Waals surface area contributed by atoms with E-state index in [1.54, 1.807) is 20.2 Å². The maximum absolute atomic E-state index is 13.9. The molecule has 1 unspecified atom stereocenters. The molecule has 0 radical (unpaired) electrons. The highest BCUT2D eigenvalue weighted by Crippen LogP contribution is 2.55. The zero-order valence-electron chi connectivity index (χ0n) is 22.5. The van der Waals surface area contributed by atoms with Gasteiger partial charge in [-0.3, -0.25) is 24.2 Å². The number of ketones is 2. The van der Waals surface area contributed by atoms with Crippen molar-refractivity contribution in [1.82, 2.24) is 9.80 Å². The lowest BCUT2D eigenvalue weighted by Gasteiger charge is -2.50. The van der Waals surface area contributed by atoms with Crippen LogP contribution in [-0.4, -0.2) is 93.6 Å². The molecule has 2 fully saturated rings. The first kappa shape index (κ1) is 27.2. The van der Waals surface area contributed by atoms with Crippen molar-refractivity contribution >= 4 is 23.2 Å². The molecule has 11 nitrogen and oxygen atoms in total. The van der Waals surface area contributed by atoms with E-state index in [9.17, 15) is 34.8 Å². The fraction of sp³-hybridized carbons (Fsp3) is 0.536. The van der Waals surface area contributed by atoms with E-state index in [4.69, 9.17) is 10.5 Å². The van der Waals surface area contributed by atoms with E-state index in [0.29, 0.717) is 11.3 Å². The third-order valence-corrected chi connectivity index (χ3v) is 9.03. The Morgan fingerprint density at radius 2 is 1.95 bits per heavy atom. The van der Waals surface area contributed by atoms with Gasteiger partial charge in [-0.2, -0.15) is 0 Å². The minimum atomic E-state index is -2.66. The number of nitrogens with two attached hydrogens (primary N) is 1. The smallest absolute Gasteiger partial charge is 0.255 e. The molecular weight excluding hydrogens is 506 g/mol. The number of methoxy groups -OCH3 is 1. The number of aliphatic hydroxyl groups is 3. The third kappa shape index (κ3) is 3.63. The summed E-state index contributed by atoms with van der Waals surface area (Å²) in [4.78, 5) is 43.1. The van der Waals surface area contributed by atoms with Crippen molar-refractivity contribution in [3.05, 3.63) is 39.7 Å². The van der Waals surface area contributed by atoms with Gasteiger partial charge < -0.3 is 30.9 Å². The highest BCUT2D eigenvalue weighted by Gasteiger charge is 2.64. The van der Waals surface area contributed by atoms with Crippen molar-refractivity contribution < 1.29 is 39.5 Å². The van der Waals surface area contributed by atoms with E-state index in [2.05, 4.69) is 11.8 Å². The van der Waals surface area contributed by atoms with Crippen LogP contribution in [0.3, 0.4) is 0 Å². The number of phenolic OH excluding ortho intramolecular Hbond substituents is 1. The maximum atomic E-state index is 13.9. The molecule has 0 aromatic heterocycles. The van der Waals surface area contributed by atoms with Gasteiger partial charge in [0.25, 0.3) is 5.91 Å². The molecule has 5 rings (SSSR count). The second-order valence-electron chi connectivity index (χ2n) is 11.1. The molecule has 1 saturated heterocycles. The van der Waals surface area contributed by atoms with Gasteiger partial charge >= 0.3 is 0 Å². The second-order valence-corrected chi connectivity index (χ2v) is 11.1. The molecule has 3 aliphatic carbocycles. The Bertz CT molecular complexity index is 1350. The van der Waals surface area contributed by atoms with Crippen molar-refractivity contribution in [1.29, 1.82) is 0 Å². The van der Waals surface area contributed by atoms with Crippen molar-refractivity contribution in [3.63, 3.8) is 0 Å². The van der Waals surface area contributed by atoms with Gasteiger partial charge in [-0.1, -0.05) is 6.92 Å². The second kappa shape index (κ2) is 9.35. The summed E-state index contributed by atoms with van der Waals surface area (Å²) in [6.07, 6.45) is 2.10. The molecule has 1 amide bonds. The van der Waals surface area contributed by atoms with E-state index in [-0.39, 0.29) is 35.8 Å². The number of aliphatic hydroxyl groups excluding tert-OH is 2. The minimum Gasteiger partial charge on any atom is -0.508 e. The fourth-order valence-corrected chi connectivity index (χ4v) is 7.36. The van der Waals surface area contributed by atoms with Gasteiger partial charge in [0, 0.05) is 28.7 Å². The van der Waals surface area contributed by atoms with E-state index in [0.717, 1.165) is 31.5 Å². The number of rotatable bonds is 5. The number of nitrogens with zero attached hydrogens (tertiary/aromatic N) is 2. The summed E-state index contributed by atoms with van der Waals surface area (Å²) in [5, 5.41) is 45.2. The van der Waals surface area contributed by atoms with Gasteiger partial charge in [-0.15, -0.1) is 0 Å². The molecule has 0 bridgehead atoms. The Hall–Kier alpha value is -3.41. The summed E-state index contributed by atoms with van der Waals surface area (Å²) in [7, 11) is 4.67. The van der Waals surface area contributed by atoms with E-state index >= 15 is 0 Å². The molecular formula is C28H35N3O8. The molecule has 4 aliphatic rings. The largest absolute Gasteiger partial charge is 0.508 e. The van der Waals surface area contributed by atoms with Crippen LogP contribution in [0.25, 0.3) is 5.76 Å². The zero-order valence-corrected chi connectivity index (χ0v) is 22.5. The molecule has 0 spiro atoms. The number of fused-ring (bicyclic) bond motifs is 3. The first-order chi connectivity index (χ1) is 18.4. The number of phenols is 1. The Morgan fingerprint density at radius 1 is 1.26 bits per heavy atom. The first-order valence-corrected chi connectivity index (χ1v) is 13.2. The van der Waals surface area contributed by atoms with Gasteiger partial charge in [0.1, 0.15) is 28.6 Å². The molecule has 5 atom stereocenters. The minimum absolute atomic E-state index is 0.0233. The van der Waals surface area contributed by atoms with Crippen LogP contribution < -0.4 is 10.5 Å². The number of amides is 1. The number of hydrogen-bond acceptors (Lipinski definition) is 10. The first-order valence-electron chi connectivity index (χ1n) is 13.2. The molecule has 1 aromatic rings. The number of benzene rings is 1. The summed E-state index contributed by atoms with van der Waals surface area (Å²) in [5.74, 6) is -6.17. The number of likely N-dealkylation sites (tertiary alicyclic amines) is 1. The zero-order chi connectivity index (χ0) is 28.5. The van der Waals surface area contributed by atoms with Crippen LogP contribution in [0.15, 0.2) is 23.0 Å². The van der Waals surface area contributed by atoms with Crippen molar-refractivity contribution in [3.8, 4) is 11.5 Å². The molecule has 39 heavy (non-hydrogen) atoms. The van der Waals surface area contributed by atoms with Crippen LogP contribution in [0.4, 0.5) is 0 Å². The molecule has 1 saturated carbocycles. The van der Waals surface area contributed by atoms with Crippen LogP contribution in [0.2, 0.25) is 0 Å². The molecule has 11 heteroatoms. The average molecular weight is 542 g/mol. The molecule has 1 aliphatic heterocycles. The van der Waals surface area contributed by atoms with Crippen LogP contribution in [0.5, 0.6) is 11.5 Å². The third-order valence-electron chi connectivity index (χ3n) is 9.03. The van der Waals surface area contributed by atoms with E-state index in [1.807, 2.05) is 0 Å². The molecule has 6 N–H and O–H groups in total. The van der Waals surface area contributed by atoms with Gasteiger partial charge in [-0.25, -0.2) is 0 Å². The van der Waals surface area contributed by atoms with E-state index < -0.39 is 58.0 Å². The van der Waals surface area contributed by atoms with Gasteiger partial charge in [0.2, 0.25) is 5.78 Å². The summed E-state index contributed by atoms with van der Waals surface area (Å²) >= 11 is 0. The van der Waals surface area contributed by atoms with Crippen LogP contribution >= 0.6 is 0 Å². The Labute approximate surface area is 226 Å². The number of primary amides is 1. The van der Waals surface area contributed by atoms with Gasteiger partial charge in [-0.05, 0) is 64.9 Å². The Balaban J connectivity index is 1.71. The number of aromatic hydroxyl groups is 1. The number of Topliss-reactive ketones (excluding diaryl/α,β-unsaturated/α-hetero) is 2. The lowest BCUT2D eigenvalue weighted by Crippen LogP contribution is -2.65. The average Bonchev–Trinajstić information content (AvgIpc) is 3.34. The van der Waals surface area contributed by atoms with Gasteiger partial charge in [0.05, 0.1) is 18.7 Å². The maximum Gasteiger partial charge on any atom is 0.255 e.